The van der Waals surface area contributed by atoms with Gasteiger partial charge in [-0.25, -0.2) is 0 Å². The summed E-state index contributed by atoms with van der Waals surface area (Å²) in [5.41, 5.74) is 3.16. The van der Waals surface area contributed by atoms with Crippen LogP contribution in [0, 0.1) is 0 Å². The van der Waals surface area contributed by atoms with Crippen molar-refractivity contribution in [3.05, 3.63) is 54.1 Å². The molecule has 8 heteroatoms. The van der Waals surface area contributed by atoms with E-state index in [1.165, 1.54) is 28.7 Å². The highest BCUT2D eigenvalue weighted by molar-refractivity contribution is 8.01. The maximum absolute atomic E-state index is 12.7. The minimum Gasteiger partial charge on any atom is -0.497 e. The minimum absolute atomic E-state index is 0.106. The number of thioether (sulfide) groups is 1. The van der Waals surface area contributed by atoms with Crippen molar-refractivity contribution in [3.63, 3.8) is 0 Å². The van der Waals surface area contributed by atoms with E-state index in [1.807, 2.05) is 47.4 Å². The Labute approximate surface area is 171 Å². The van der Waals surface area contributed by atoms with Crippen LogP contribution in [0.4, 0.5) is 16.5 Å². The number of aromatic nitrogens is 2. The lowest BCUT2D eigenvalue weighted by molar-refractivity contribution is -0.116. The number of benzene rings is 2. The lowest BCUT2D eigenvalue weighted by Crippen LogP contribution is -2.36. The number of hydrogen-bond donors (Lipinski definition) is 1. The predicted molar refractivity (Wildman–Crippen MR) is 114 cm³/mol. The summed E-state index contributed by atoms with van der Waals surface area (Å²) in [5.74, 6) is 1.23. The largest absolute Gasteiger partial charge is 0.497 e. The molecule has 0 bridgehead atoms. The van der Waals surface area contributed by atoms with Gasteiger partial charge in [0.15, 0.2) is 4.34 Å². The number of para-hydroxylation sites is 1. The highest BCUT2D eigenvalue weighted by atomic mass is 32.2. The van der Waals surface area contributed by atoms with Gasteiger partial charge in [-0.2, -0.15) is 0 Å². The maximum Gasteiger partial charge on any atom is 0.237 e. The van der Waals surface area contributed by atoms with E-state index in [-0.39, 0.29) is 5.91 Å². The zero-order valence-corrected chi connectivity index (χ0v) is 17.1. The van der Waals surface area contributed by atoms with Crippen molar-refractivity contribution in [2.24, 2.45) is 0 Å². The van der Waals surface area contributed by atoms with Gasteiger partial charge in [0.1, 0.15) is 5.75 Å². The molecule has 2 heterocycles. The summed E-state index contributed by atoms with van der Waals surface area (Å²) in [7, 11) is 1.64. The fourth-order valence-corrected chi connectivity index (χ4v) is 4.79. The van der Waals surface area contributed by atoms with Crippen molar-refractivity contribution < 1.29 is 9.53 Å². The Morgan fingerprint density at radius 1 is 1.25 bits per heavy atom. The number of amides is 1. The van der Waals surface area contributed by atoms with E-state index in [4.69, 9.17) is 4.74 Å². The van der Waals surface area contributed by atoms with Crippen LogP contribution in [0.2, 0.25) is 0 Å². The van der Waals surface area contributed by atoms with Gasteiger partial charge in [0, 0.05) is 24.0 Å². The molecule has 1 aromatic heterocycles. The molecule has 0 aliphatic carbocycles. The van der Waals surface area contributed by atoms with Crippen molar-refractivity contribution in [3.8, 4) is 5.75 Å². The average molecular weight is 413 g/mol. The Kier molecular flexibility index (Phi) is 5.78. The molecular weight excluding hydrogens is 392 g/mol. The molecule has 28 heavy (non-hydrogen) atoms. The van der Waals surface area contributed by atoms with Crippen LogP contribution in [-0.2, 0) is 11.2 Å². The van der Waals surface area contributed by atoms with E-state index >= 15 is 0 Å². The molecule has 0 unspecified atom stereocenters. The van der Waals surface area contributed by atoms with E-state index in [2.05, 4.69) is 21.6 Å². The Hall–Kier alpha value is -2.58. The second-order valence-corrected chi connectivity index (χ2v) is 8.50. The third-order valence-corrected chi connectivity index (χ3v) is 6.41. The van der Waals surface area contributed by atoms with Gasteiger partial charge in [-0.15, -0.1) is 10.2 Å². The molecule has 0 saturated heterocycles. The van der Waals surface area contributed by atoms with Gasteiger partial charge in [0.2, 0.25) is 11.0 Å². The number of fused-ring (bicyclic) bond motifs is 1. The Balaban J connectivity index is 1.36. The number of carbonyl (C=O) groups excluding carboxylic acids is 1. The molecule has 1 amide bonds. The molecule has 0 fully saturated rings. The molecule has 3 aromatic rings. The SMILES string of the molecule is COc1cccc(Nc2nnc(SCC(=O)N3CCCc4ccccc43)s2)c1. The van der Waals surface area contributed by atoms with E-state index in [1.54, 1.807) is 7.11 Å². The second kappa shape index (κ2) is 8.62. The summed E-state index contributed by atoms with van der Waals surface area (Å²) in [5, 5.41) is 12.3. The number of anilines is 3. The normalized spacial score (nSPS) is 13.1. The predicted octanol–water partition coefficient (Wildman–Crippen LogP) is 4.36. The number of rotatable bonds is 6. The fraction of sp³-hybridized carbons (Fsp3) is 0.250. The number of methoxy groups -OCH3 is 1. The van der Waals surface area contributed by atoms with E-state index in [0.29, 0.717) is 10.9 Å². The molecule has 6 nitrogen and oxygen atoms in total. The highest BCUT2D eigenvalue weighted by Crippen LogP contribution is 2.31. The summed E-state index contributed by atoms with van der Waals surface area (Å²) in [4.78, 5) is 14.6. The Morgan fingerprint density at radius 2 is 2.14 bits per heavy atom. The highest BCUT2D eigenvalue weighted by Gasteiger charge is 2.22. The summed E-state index contributed by atoms with van der Waals surface area (Å²) < 4.78 is 5.99. The lowest BCUT2D eigenvalue weighted by atomic mass is 10.0. The van der Waals surface area contributed by atoms with E-state index < -0.39 is 0 Å². The van der Waals surface area contributed by atoms with Gasteiger partial charge in [-0.1, -0.05) is 47.4 Å². The summed E-state index contributed by atoms with van der Waals surface area (Å²) in [6, 6.07) is 15.8. The molecule has 0 saturated carbocycles. The molecule has 0 atom stereocenters. The first-order chi connectivity index (χ1) is 13.7. The number of ether oxygens (including phenoxy) is 1. The van der Waals surface area contributed by atoms with Crippen molar-refractivity contribution in [2.75, 3.05) is 29.6 Å². The maximum atomic E-state index is 12.7. The number of aryl methyl sites for hydroxylation is 1. The number of nitrogens with zero attached hydrogens (tertiary/aromatic N) is 3. The minimum atomic E-state index is 0.106. The quantitative estimate of drug-likeness (QED) is 0.607. The first-order valence-electron chi connectivity index (χ1n) is 8.98. The standard InChI is InChI=1S/C20H20N4O2S2/c1-26-16-9-4-8-15(12-16)21-19-22-23-20(28-19)27-13-18(25)24-11-5-7-14-6-2-3-10-17(14)24/h2-4,6,8-10,12H,5,7,11,13H2,1H3,(H,21,22). The van der Waals surface area contributed by atoms with Crippen LogP contribution >= 0.6 is 23.1 Å². The monoisotopic (exact) mass is 412 g/mol. The van der Waals surface area contributed by atoms with Gasteiger partial charge in [-0.05, 0) is 36.6 Å². The fourth-order valence-electron chi connectivity index (χ4n) is 3.14. The molecule has 0 radical (unpaired) electrons. The van der Waals surface area contributed by atoms with Crippen LogP contribution in [0.5, 0.6) is 5.75 Å². The lowest BCUT2D eigenvalue weighted by Gasteiger charge is -2.29. The topological polar surface area (TPSA) is 67.3 Å². The van der Waals surface area contributed by atoms with Gasteiger partial charge >= 0.3 is 0 Å². The first kappa shape index (κ1) is 18.8. The van der Waals surface area contributed by atoms with Crippen molar-refractivity contribution in [2.45, 2.75) is 17.2 Å². The third-order valence-electron chi connectivity index (χ3n) is 4.46. The molecule has 2 aromatic carbocycles. The third kappa shape index (κ3) is 4.28. The van der Waals surface area contributed by atoms with Gasteiger partial charge in [-0.3, -0.25) is 4.79 Å². The molecule has 4 rings (SSSR count). The van der Waals surface area contributed by atoms with Gasteiger partial charge in [0.25, 0.3) is 0 Å². The summed E-state index contributed by atoms with van der Waals surface area (Å²) in [6.07, 6.45) is 2.03. The van der Waals surface area contributed by atoms with Crippen molar-refractivity contribution >= 4 is 45.5 Å². The van der Waals surface area contributed by atoms with Crippen LogP contribution in [-0.4, -0.2) is 35.5 Å². The Morgan fingerprint density at radius 3 is 3.04 bits per heavy atom. The number of nitrogens with one attached hydrogen (secondary N) is 1. The Bertz CT molecular complexity index is 976. The van der Waals surface area contributed by atoms with Crippen molar-refractivity contribution in [1.29, 1.82) is 0 Å². The molecule has 1 N–H and O–H groups in total. The van der Waals surface area contributed by atoms with E-state index in [0.717, 1.165) is 40.9 Å². The average Bonchev–Trinajstić information content (AvgIpc) is 3.19. The number of hydrogen-bond acceptors (Lipinski definition) is 7. The molecule has 0 spiro atoms. The van der Waals surface area contributed by atoms with Crippen LogP contribution in [0.15, 0.2) is 52.9 Å². The zero-order valence-electron chi connectivity index (χ0n) is 15.4. The summed E-state index contributed by atoms with van der Waals surface area (Å²) >= 11 is 2.86. The first-order valence-corrected chi connectivity index (χ1v) is 10.8. The zero-order chi connectivity index (χ0) is 19.3. The van der Waals surface area contributed by atoms with Crippen LogP contribution in [0.1, 0.15) is 12.0 Å². The van der Waals surface area contributed by atoms with Gasteiger partial charge in [0.05, 0.1) is 12.9 Å². The summed E-state index contributed by atoms with van der Waals surface area (Å²) in [6.45, 7) is 0.773. The van der Waals surface area contributed by atoms with Crippen LogP contribution in [0.3, 0.4) is 0 Å². The number of carbonyl (C=O) groups is 1. The molecule has 1 aliphatic rings. The van der Waals surface area contributed by atoms with Gasteiger partial charge < -0.3 is 15.0 Å². The van der Waals surface area contributed by atoms with Crippen molar-refractivity contribution in [1.82, 2.24) is 10.2 Å². The molecule has 1 aliphatic heterocycles. The van der Waals surface area contributed by atoms with Crippen LogP contribution < -0.4 is 15.0 Å². The molecule has 144 valence electrons. The van der Waals surface area contributed by atoms with Crippen LogP contribution in [0.25, 0.3) is 0 Å². The second-order valence-electron chi connectivity index (χ2n) is 6.30. The smallest absolute Gasteiger partial charge is 0.237 e. The van der Waals surface area contributed by atoms with E-state index in [9.17, 15) is 4.79 Å². The molecular formula is C20H20N4O2S2.